The number of nitrogens with zero attached hydrogens (tertiary/aromatic N) is 2. The van der Waals surface area contributed by atoms with Gasteiger partial charge in [-0.1, -0.05) is 41.9 Å². The maximum Gasteiger partial charge on any atom is 0.414 e. The second kappa shape index (κ2) is 9.24. The van der Waals surface area contributed by atoms with Crippen molar-refractivity contribution in [3.05, 3.63) is 71.2 Å². The Hall–Kier alpha value is -2.96. The number of ether oxygens (including phenoxy) is 1. The lowest BCUT2D eigenvalue weighted by Gasteiger charge is -2.35. The predicted molar refractivity (Wildman–Crippen MR) is 120 cm³/mol. The van der Waals surface area contributed by atoms with Gasteiger partial charge in [-0.2, -0.15) is 0 Å². The van der Waals surface area contributed by atoms with E-state index in [9.17, 15) is 4.79 Å². The zero-order valence-electron chi connectivity index (χ0n) is 16.9. The van der Waals surface area contributed by atoms with Crippen LogP contribution in [0.1, 0.15) is 5.56 Å². The monoisotopic (exact) mass is 424 g/mol. The van der Waals surface area contributed by atoms with Crippen molar-refractivity contribution in [2.75, 3.05) is 38.1 Å². The molecule has 30 heavy (non-hydrogen) atoms. The fourth-order valence-corrected chi connectivity index (χ4v) is 3.65. The number of para-hydroxylation sites is 1. The summed E-state index contributed by atoms with van der Waals surface area (Å²) in [5.74, 6) is 0.409. The van der Waals surface area contributed by atoms with Crippen LogP contribution in [0.5, 0.6) is 5.88 Å². The quantitative estimate of drug-likeness (QED) is 0.638. The van der Waals surface area contributed by atoms with Crippen molar-refractivity contribution in [2.24, 2.45) is 0 Å². The lowest BCUT2D eigenvalue weighted by Crippen LogP contribution is -2.44. The number of amides is 1. The first-order valence-corrected chi connectivity index (χ1v) is 10.4. The highest BCUT2D eigenvalue weighted by Crippen LogP contribution is 2.32. The summed E-state index contributed by atoms with van der Waals surface area (Å²) in [7, 11) is 2.15. The first-order chi connectivity index (χ1) is 14.6. The molecule has 7 heteroatoms. The molecule has 0 unspecified atom stereocenters. The van der Waals surface area contributed by atoms with E-state index in [1.807, 2.05) is 24.3 Å². The molecule has 1 saturated heterocycles. The number of carbonyl (C=O) groups is 1. The van der Waals surface area contributed by atoms with E-state index < -0.39 is 6.09 Å². The minimum Gasteiger partial charge on any atom is -0.393 e. The van der Waals surface area contributed by atoms with E-state index in [0.717, 1.165) is 43.0 Å². The Balaban J connectivity index is 1.40. The number of hydrogen-bond acceptors (Lipinski definition) is 4. The van der Waals surface area contributed by atoms with Crippen molar-refractivity contribution < 1.29 is 9.53 Å². The summed E-state index contributed by atoms with van der Waals surface area (Å²) < 4.78 is 5.41. The van der Waals surface area contributed by atoms with Gasteiger partial charge in [0, 0.05) is 55.1 Å². The van der Waals surface area contributed by atoms with Crippen LogP contribution in [0.15, 0.2) is 60.7 Å². The molecule has 0 bridgehead atoms. The number of aromatic nitrogens is 1. The molecule has 1 aliphatic heterocycles. The molecule has 0 atom stereocenters. The number of carbonyl (C=O) groups excluding carboxylic acids is 1. The first-order valence-electron chi connectivity index (χ1n) is 10.0. The highest BCUT2D eigenvalue weighted by molar-refractivity contribution is 6.30. The van der Waals surface area contributed by atoms with Gasteiger partial charge in [-0.3, -0.25) is 0 Å². The van der Waals surface area contributed by atoms with Crippen molar-refractivity contribution in [2.45, 2.75) is 6.54 Å². The van der Waals surface area contributed by atoms with Crippen LogP contribution >= 0.6 is 11.6 Å². The average Bonchev–Trinajstić information content (AvgIpc) is 3.22. The van der Waals surface area contributed by atoms with Gasteiger partial charge in [0.2, 0.25) is 5.88 Å². The summed E-state index contributed by atoms with van der Waals surface area (Å²) in [6.45, 7) is 4.44. The highest BCUT2D eigenvalue weighted by Gasteiger charge is 2.18. The molecule has 156 valence electrons. The van der Waals surface area contributed by atoms with E-state index in [1.165, 1.54) is 5.69 Å². The van der Waals surface area contributed by atoms with E-state index in [-0.39, 0.29) is 0 Å². The Kier molecular flexibility index (Phi) is 6.26. The van der Waals surface area contributed by atoms with Crippen LogP contribution < -0.4 is 15.0 Å². The van der Waals surface area contributed by atoms with E-state index in [4.69, 9.17) is 16.3 Å². The number of rotatable bonds is 5. The molecule has 0 radical (unpaired) electrons. The van der Waals surface area contributed by atoms with E-state index in [0.29, 0.717) is 17.4 Å². The fraction of sp³-hybridized carbons (Fsp3) is 0.261. The molecule has 1 amide bonds. The lowest BCUT2D eigenvalue weighted by molar-refractivity contribution is 0.198. The zero-order chi connectivity index (χ0) is 20.9. The van der Waals surface area contributed by atoms with Crippen LogP contribution in [0.25, 0.3) is 11.3 Å². The number of piperazine rings is 1. The summed E-state index contributed by atoms with van der Waals surface area (Å²) in [6, 6.07) is 19.3. The predicted octanol–water partition coefficient (Wildman–Crippen LogP) is 4.38. The molecular weight excluding hydrogens is 400 g/mol. The number of H-pyrrole nitrogens is 1. The number of nitrogens with one attached hydrogen (secondary N) is 2. The zero-order valence-corrected chi connectivity index (χ0v) is 17.7. The Morgan fingerprint density at radius 2 is 1.77 bits per heavy atom. The smallest absolute Gasteiger partial charge is 0.393 e. The summed E-state index contributed by atoms with van der Waals surface area (Å²) >= 11 is 5.88. The Morgan fingerprint density at radius 1 is 1.03 bits per heavy atom. The first kappa shape index (κ1) is 20.3. The van der Waals surface area contributed by atoms with Gasteiger partial charge in [-0.15, -0.1) is 0 Å². The van der Waals surface area contributed by atoms with Crippen LogP contribution in [-0.4, -0.2) is 49.2 Å². The summed E-state index contributed by atoms with van der Waals surface area (Å²) in [6.07, 6.45) is -0.509. The number of hydrogen-bond donors (Lipinski definition) is 2. The molecule has 2 heterocycles. The Morgan fingerprint density at radius 3 is 2.53 bits per heavy atom. The Bertz CT molecular complexity index is 994. The van der Waals surface area contributed by atoms with E-state index in [1.54, 1.807) is 18.2 Å². The molecule has 2 N–H and O–H groups in total. The van der Waals surface area contributed by atoms with Gasteiger partial charge in [0.15, 0.2) is 0 Å². The van der Waals surface area contributed by atoms with Crippen molar-refractivity contribution >= 4 is 23.4 Å². The lowest BCUT2D eigenvalue weighted by atomic mass is 10.1. The van der Waals surface area contributed by atoms with Gasteiger partial charge in [0.25, 0.3) is 0 Å². The van der Waals surface area contributed by atoms with Crippen LogP contribution in [0.4, 0.5) is 10.5 Å². The molecule has 6 nitrogen and oxygen atoms in total. The normalized spacial score (nSPS) is 14.5. The maximum absolute atomic E-state index is 12.2. The highest BCUT2D eigenvalue weighted by atomic mass is 35.5. The SMILES string of the molecule is CN1CCN(c2ccccc2-c2ccc(OC(=O)NCc3ccc(Cl)cc3)[nH]2)CC1. The number of aromatic amines is 1. The molecule has 1 fully saturated rings. The van der Waals surface area contributed by atoms with Crippen molar-refractivity contribution in [1.29, 1.82) is 0 Å². The average molecular weight is 425 g/mol. The van der Waals surface area contributed by atoms with E-state index in [2.05, 4.69) is 45.3 Å². The van der Waals surface area contributed by atoms with Crippen LogP contribution in [0, 0.1) is 0 Å². The van der Waals surface area contributed by atoms with Gasteiger partial charge in [-0.25, -0.2) is 4.79 Å². The topological polar surface area (TPSA) is 60.6 Å². The van der Waals surface area contributed by atoms with Crippen LogP contribution in [-0.2, 0) is 6.54 Å². The van der Waals surface area contributed by atoms with Crippen molar-refractivity contribution in [3.63, 3.8) is 0 Å². The number of likely N-dealkylation sites (N-methyl/N-ethyl adjacent to an activating group) is 1. The molecule has 4 rings (SSSR count). The summed E-state index contributed by atoms with van der Waals surface area (Å²) in [5, 5.41) is 3.41. The fourth-order valence-electron chi connectivity index (χ4n) is 3.53. The minimum absolute atomic E-state index is 0.371. The Labute approximate surface area is 181 Å². The molecule has 3 aromatic rings. The third-order valence-corrected chi connectivity index (χ3v) is 5.50. The van der Waals surface area contributed by atoms with Gasteiger partial charge in [0.05, 0.1) is 5.69 Å². The third kappa shape index (κ3) is 4.96. The van der Waals surface area contributed by atoms with Gasteiger partial charge in [0.1, 0.15) is 0 Å². The standard InChI is InChI=1S/C23H25ClN4O2/c1-27-12-14-28(15-13-27)21-5-3-2-4-19(21)20-10-11-22(26-20)30-23(29)25-16-17-6-8-18(24)9-7-17/h2-11,26H,12-16H2,1H3,(H,25,29). The second-order valence-corrected chi connectivity index (χ2v) is 7.85. The van der Waals surface area contributed by atoms with Crippen molar-refractivity contribution in [1.82, 2.24) is 15.2 Å². The molecule has 0 saturated carbocycles. The molecular formula is C23H25ClN4O2. The summed E-state index contributed by atoms with van der Waals surface area (Å²) in [5.41, 5.74) is 4.15. The second-order valence-electron chi connectivity index (χ2n) is 7.41. The van der Waals surface area contributed by atoms with Gasteiger partial charge >= 0.3 is 6.09 Å². The number of anilines is 1. The maximum atomic E-state index is 12.2. The molecule has 1 aliphatic rings. The largest absolute Gasteiger partial charge is 0.414 e. The summed E-state index contributed by atoms with van der Waals surface area (Å²) in [4.78, 5) is 20.1. The molecule has 2 aromatic carbocycles. The molecule has 0 spiro atoms. The molecule has 1 aromatic heterocycles. The van der Waals surface area contributed by atoms with Crippen LogP contribution in [0.2, 0.25) is 5.02 Å². The number of halogens is 1. The number of benzene rings is 2. The van der Waals surface area contributed by atoms with Gasteiger partial charge < -0.3 is 24.8 Å². The molecule has 0 aliphatic carbocycles. The third-order valence-electron chi connectivity index (χ3n) is 5.25. The van der Waals surface area contributed by atoms with Crippen LogP contribution in [0.3, 0.4) is 0 Å². The van der Waals surface area contributed by atoms with Crippen molar-refractivity contribution in [3.8, 4) is 17.1 Å². The van der Waals surface area contributed by atoms with E-state index >= 15 is 0 Å². The minimum atomic E-state index is -0.509. The van der Waals surface area contributed by atoms with Gasteiger partial charge in [-0.05, 0) is 36.9 Å².